The topological polar surface area (TPSA) is 131 Å². The van der Waals surface area contributed by atoms with Crippen molar-refractivity contribution in [3.8, 4) is 22.6 Å². The lowest BCUT2D eigenvalue weighted by molar-refractivity contribution is -0.139. The average Bonchev–Trinajstić information content (AvgIpc) is 2.92. The number of amides is 1. The highest BCUT2D eigenvalue weighted by Crippen LogP contribution is 2.27. The van der Waals surface area contributed by atoms with Gasteiger partial charge in [0.25, 0.3) is 0 Å². The Morgan fingerprint density at radius 2 is 1.51 bits per heavy atom. The molecule has 208 valence electrons. The lowest BCUT2D eigenvalue weighted by atomic mass is 10.1. The summed E-state index contributed by atoms with van der Waals surface area (Å²) in [7, 11) is -0.984. The van der Waals surface area contributed by atoms with Crippen LogP contribution >= 0.6 is 15.9 Å². The maximum absolute atomic E-state index is 12.8. The van der Waals surface area contributed by atoms with Gasteiger partial charge in [0.1, 0.15) is 6.04 Å². The number of rotatable bonds is 14. The fourth-order valence-electron chi connectivity index (χ4n) is 3.90. The number of carboxylic acid groups (broad SMARTS) is 1. The predicted octanol–water partition coefficient (Wildman–Crippen LogP) is 4.39. The number of carboxylic acids is 1. The minimum Gasteiger partial charge on any atom is -0.493 e. The van der Waals surface area contributed by atoms with E-state index in [0.29, 0.717) is 30.9 Å². The van der Waals surface area contributed by atoms with Crippen LogP contribution in [0, 0.1) is 0 Å². The molecule has 0 aliphatic heterocycles. The van der Waals surface area contributed by atoms with E-state index >= 15 is 0 Å². The zero-order chi connectivity index (χ0) is 28.4. The van der Waals surface area contributed by atoms with Gasteiger partial charge in [-0.15, -0.1) is 0 Å². The second kappa shape index (κ2) is 14.1. The zero-order valence-corrected chi connectivity index (χ0v) is 24.0. The summed E-state index contributed by atoms with van der Waals surface area (Å²) in [5, 5.41) is 12.4. The van der Waals surface area contributed by atoms with Crippen molar-refractivity contribution in [2.24, 2.45) is 0 Å². The van der Waals surface area contributed by atoms with E-state index in [1.807, 2.05) is 24.3 Å². The second-order valence-electron chi connectivity index (χ2n) is 8.76. The number of halogens is 1. The average molecular weight is 620 g/mol. The van der Waals surface area contributed by atoms with E-state index in [1.165, 1.54) is 26.4 Å². The monoisotopic (exact) mass is 618 g/mol. The molecule has 0 heterocycles. The Balaban J connectivity index is 1.47. The van der Waals surface area contributed by atoms with E-state index in [1.54, 1.807) is 30.3 Å². The largest absolute Gasteiger partial charge is 0.493 e. The second-order valence-corrected chi connectivity index (χ2v) is 11.4. The van der Waals surface area contributed by atoms with Crippen LogP contribution in [0.15, 0.2) is 76.1 Å². The Bertz CT molecular complexity index is 1380. The van der Waals surface area contributed by atoms with E-state index < -0.39 is 22.0 Å². The van der Waals surface area contributed by atoms with Crippen molar-refractivity contribution in [3.63, 3.8) is 0 Å². The van der Waals surface area contributed by atoms with Gasteiger partial charge in [-0.3, -0.25) is 9.59 Å². The van der Waals surface area contributed by atoms with Gasteiger partial charge < -0.3 is 19.9 Å². The summed E-state index contributed by atoms with van der Waals surface area (Å²) in [6.07, 6.45) is 1.12. The molecule has 3 rings (SSSR count). The van der Waals surface area contributed by atoms with Gasteiger partial charge in [-0.05, 0) is 72.4 Å². The highest BCUT2D eigenvalue weighted by molar-refractivity contribution is 9.10. The quantitative estimate of drug-likeness (QED) is 0.228. The van der Waals surface area contributed by atoms with Crippen LogP contribution in [-0.2, 0) is 26.0 Å². The normalized spacial score (nSPS) is 12.0. The van der Waals surface area contributed by atoms with E-state index in [0.717, 1.165) is 21.2 Å². The van der Waals surface area contributed by atoms with Crippen LogP contribution in [0.2, 0.25) is 0 Å². The molecule has 0 saturated heterocycles. The molecule has 0 aliphatic rings. The minimum atomic E-state index is -4.04. The van der Waals surface area contributed by atoms with Crippen LogP contribution in [0.1, 0.15) is 24.8 Å². The predicted molar refractivity (Wildman–Crippen MR) is 151 cm³/mol. The molecule has 0 fully saturated rings. The first-order chi connectivity index (χ1) is 18.6. The molecule has 39 heavy (non-hydrogen) atoms. The number of sulfonamides is 1. The minimum absolute atomic E-state index is 0.0166. The summed E-state index contributed by atoms with van der Waals surface area (Å²) in [5.41, 5.74) is 2.52. The van der Waals surface area contributed by atoms with Gasteiger partial charge in [0.05, 0.1) is 25.5 Å². The summed E-state index contributed by atoms with van der Waals surface area (Å²) in [6, 6.07) is 17.8. The zero-order valence-electron chi connectivity index (χ0n) is 21.6. The molecule has 0 aromatic heterocycles. The standard InChI is InChI=1S/C28H31BrN2O7S/c1-37-25-15-6-19(17-26(25)38-2)18-27(32)30-16-4-3-5-24(28(33)34)31-39(35,36)23-13-9-21(10-14-23)20-7-11-22(29)12-8-20/h6-15,17,24,31H,3-5,16,18H2,1-2H3,(H,30,32)(H,33,34). The highest BCUT2D eigenvalue weighted by Gasteiger charge is 2.25. The Kier molecular flexibility index (Phi) is 10.9. The number of hydrogen-bond donors (Lipinski definition) is 3. The van der Waals surface area contributed by atoms with Crippen molar-refractivity contribution in [3.05, 3.63) is 76.8 Å². The Labute approximate surface area is 236 Å². The molecule has 3 aromatic carbocycles. The van der Waals surface area contributed by atoms with E-state index in [4.69, 9.17) is 9.47 Å². The molecule has 0 spiro atoms. The number of ether oxygens (including phenoxy) is 2. The summed E-state index contributed by atoms with van der Waals surface area (Å²) < 4.78 is 39.3. The fourth-order valence-corrected chi connectivity index (χ4v) is 5.38. The van der Waals surface area contributed by atoms with Crippen molar-refractivity contribution in [2.45, 2.75) is 36.6 Å². The van der Waals surface area contributed by atoms with Crippen LogP contribution < -0.4 is 19.5 Å². The van der Waals surface area contributed by atoms with E-state index in [9.17, 15) is 23.1 Å². The smallest absolute Gasteiger partial charge is 0.321 e. The van der Waals surface area contributed by atoms with Gasteiger partial charge >= 0.3 is 5.97 Å². The third kappa shape index (κ3) is 8.81. The van der Waals surface area contributed by atoms with Crippen molar-refractivity contribution in [2.75, 3.05) is 20.8 Å². The first-order valence-electron chi connectivity index (χ1n) is 12.2. The highest BCUT2D eigenvalue weighted by atomic mass is 79.9. The van der Waals surface area contributed by atoms with Crippen molar-refractivity contribution in [1.29, 1.82) is 0 Å². The SMILES string of the molecule is COc1ccc(CC(=O)NCCCCC(NS(=O)(=O)c2ccc(-c3ccc(Br)cc3)cc2)C(=O)O)cc1OC. The third-order valence-electron chi connectivity index (χ3n) is 5.99. The summed E-state index contributed by atoms with van der Waals surface area (Å²) in [6.45, 7) is 0.336. The number of unbranched alkanes of at least 4 members (excludes halogenated alkanes) is 1. The maximum Gasteiger partial charge on any atom is 0.321 e. The molecule has 1 unspecified atom stereocenters. The number of carbonyl (C=O) groups excluding carboxylic acids is 1. The lowest BCUT2D eigenvalue weighted by Gasteiger charge is -2.15. The lowest BCUT2D eigenvalue weighted by Crippen LogP contribution is -2.40. The molecule has 9 nitrogen and oxygen atoms in total. The van der Waals surface area contributed by atoms with Crippen LogP contribution in [0.4, 0.5) is 0 Å². The molecule has 0 saturated carbocycles. The number of carbonyl (C=O) groups is 2. The van der Waals surface area contributed by atoms with E-state index in [2.05, 4.69) is 26.0 Å². The summed E-state index contributed by atoms with van der Waals surface area (Å²) in [5.74, 6) is -0.347. The molecular weight excluding hydrogens is 588 g/mol. The van der Waals surface area contributed by atoms with Crippen molar-refractivity contribution in [1.82, 2.24) is 10.0 Å². The molecule has 3 aromatic rings. The molecular formula is C28H31BrN2O7S. The number of aliphatic carboxylic acids is 1. The number of hydrogen-bond acceptors (Lipinski definition) is 6. The summed E-state index contributed by atoms with van der Waals surface area (Å²) >= 11 is 3.38. The van der Waals surface area contributed by atoms with Gasteiger partial charge in [0, 0.05) is 11.0 Å². The number of nitrogens with one attached hydrogen (secondary N) is 2. The fraction of sp³-hybridized carbons (Fsp3) is 0.286. The molecule has 1 amide bonds. The van der Waals surface area contributed by atoms with Crippen molar-refractivity contribution >= 4 is 37.8 Å². The molecule has 11 heteroatoms. The maximum atomic E-state index is 12.8. The van der Waals surface area contributed by atoms with Gasteiger partial charge in [0.2, 0.25) is 15.9 Å². The van der Waals surface area contributed by atoms with E-state index in [-0.39, 0.29) is 23.6 Å². The molecule has 0 bridgehead atoms. The summed E-state index contributed by atoms with van der Waals surface area (Å²) in [4.78, 5) is 24.0. The van der Waals surface area contributed by atoms with Crippen LogP contribution in [0.5, 0.6) is 11.5 Å². The Hall–Kier alpha value is -3.41. The Morgan fingerprint density at radius 3 is 2.10 bits per heavy atom. The molecule has 3 N–H and O–H groups in total. The molecule has 1 atom stereocenters. The molecule has 0 radical (unpaired) electrons. The number of methoxy groups -OCH3 is 2. The Morgan fingerprint density at radius 1 is 0.897 bits per heavy atom. The van der Waals surface area contributed by atoms with Crippen LogP contribution in [0.25, 0.3) is 11.1 Å². The van der Waals surface area contributed by atoms with Crippen LogP contribution in [0.3, 0.4) is 0 Å². The van der Waals surface area contributed by atoms with Gasteiger partial charge in [-0.1, -0.05) is 46.3 Å². The number of benzene rings is 3. The van der Waals surface area contributed by atoms with Gasteiger partial charge in [-0.25, -0.2) is 8.42 Å². The molecule has 0 aliphatic carbocycles. The first-order valence-corrected chi connectivity index (χ1v) is 14.5. The van der Waals surface area contributed by atoms with Gasteiger partial charge in [0.15, 0.2) is 11.5 Å². The van der Waals surface area contributed by atoms with Crippen molar-refractivity contribution < 1.29 is 32.6 Å². The van der Waals surface area contributed by atoms with Crippen LogP contribution in [-0.4, -0.2) is 52.2 Å². The first kappa shape index (κ1) is 30.1. The third-order valence-corrected chi connectivity index (χ3v) is 8.01. The van der Waals surface area contributed by atoms with Gasteiger partial charge in [-0.2, -0.15) is 4.72 Å².